The summed E-state index contributed by atoms with van der Waals surface area (Å²) in [5, 5.41) is 0. The van der Waals surface area contributed by atoms with Crippen LogP contribution in [0.3, 0.4) is 0 Å². The topological polar surface area (TPSA) is 63.7 Å². The zero-order valence-electron chi connectivity index (χ0n) is 16.6. The van der Waals surface area contributed by atoms with Gasteiger partial charge in [0, 0.05) is 12.0 Å². The molecular formula is C23H17F4NO4. The molecule has 1 aliphatic heterocycles. The van der Waals surface area contributed by atoms with E-state index in [1.807, 2.05) is 0 Å². The van der Waals surface area contributed by atoms with Gasteiger partial charge in [-0.25, -0.2) is 4.39 Å². The quantitative estimate of drug-likeness (QED) is 0.295. The number of esters is 1. The number of hydrogen-bond acceptors (Lipinski definition) is 4. The first-order valence-electron chi connectivity index (χ1n) is 9.88. The predicted molar refractivity (Wildman–Crippen MR) is 103 cm³/mol. The Labute approximate surface area is 180 Å². The number of nitrogens with zero attached hydrogens (tertiary/aromatic N) is 1. The number of imide groups is 1. The number of alkyl halides is 3. The highest BCUT2D eigenvalue weighted by Gasteiger charge is 2.44. The molecule has 2 amide bonds. The molecule has 0 saturated carbocycles. The third-order valence-corrected chi connectivity index (χ3v) is 5.41. The van der Waals surface area contributed by atoms with E-state index in [1.165, 1.54) is 12.1 Å². The molecule has 0 fully saturated rings. The Hall–Kier alpha value is -3.49. The molecule has 1 unspecified atom stereocenters. The van der Waals surface area contributed by atoms with Gasteiger partial charge in [-0.1, -0.05) is 24.3 Å². The number of carbonyl (C=O) groups is 3. The summed E-state index contributed by atoms with van der Waals surface area (Å²) in [6, 6.07) is 8.23. The van der Waals surface area contributed by atoms with E-state index in [2.05, 4.69) is 0 Å². The number of benzene rings is 2. The minimum absolute atomic E-state index is 0.0257. The van der Waals surface area contributed by atoms with E-state index in [1.54, 1.807) is 18.2 Å². The van der Waals surface area contributed by atoms with Gasteiger partial charge in [-0.2, -0.15) is 13.2 Å². The Bertz CT molecular complexity index is 1140. The lowest BCUT2D eigenvalue weighted by Crippen LogP contribution is -2.46. The zero-order chi connectivity index (χ0) is 23.0. The van der Waals surface area contributed by atoms with Crippen LogP contribution >= 0.6 is 0 Å². The second-order valence-corrected chi connectivity index (χ2v) is 7.55. The van der Waals surface area contributed by atoms with Crippen LogP contribution in [-0.4, -0.2) is 22.7 Å². The van der Waals surface area contributed by atoms with Crippen molar-refractivity contribution in [3.05, 3.63) is 82.4 Å². The van der Waals surface area contributed by atoms with Crippen molar-refractivity contribution in [1.29, 1.82) is 0 Å². The van der Waals surface area contributed by atoms with Gasteiger partial charge in [0.15, 0.2) is 5.92 Å². The van der Waals surface area contributed by atoms with Gasteiger partial charge in [-0.05, 0) is 48.2 Å². The second kappa shape index (κ2) is 8.22. The Morgan fingerprint density at radius 1 is 1.12 bits per heavy atom. The Morgan fingerprint density at radius 2 is 1.88 bits per heavy atom. The third-order valence-electron chi connectivity index (χ3n) is 5.41. The summed E-state index contributed by atoms with van der Waals surface area (Å²) in [6.45, 7) is -0.493. The van der Waals surface area contributed by atoms with Crippen molar-refractivity contribution in [2.75, 3.05) is 0 Å². The van der Waals surface area contributed by atoms with Crippen LogP contribution in [0.15, 0.2) is 54.3 Å². The lowest BCUT2D eigenvalue weighted by Gasteiger charge is -2.31. The van der Waals surface area contributed by atoms with E-state index in [9.17, 15) is 31.9 Å². The number of hydrogen-bond donors (Lipinski definition) is 0. The molecule has 32 heavy (non-hydrogen) atoms. The number of halogens is 4. The summed E-state index contributed by atoms with van der Waals surface area (Å²) in [5.41, 5.74) is -1.18. The lowest BCUT2D eigenvalue weighted by atomic mass is 9.88. The summed E-state index contributed by atoms with van der Waals surface area (Å²) in [6.07, 6.45) is -0.987. The fraction of sp³-hybridized carbons (Fsp3) is 0.261. The summed E-state index contributed by atoms with van der Waals surface area (Å²) in [7, 11) is 0. The third kappa shape index (κ3) is 4.02. The minimum atomic E-state index is -4.87. The van der Waals surface area contributed by atoms with Gasteiger partial charge in [-0.15, -0.1) is 0 Å². The number of rotatable bonds is 4. The maximum atomic E-state index is 14.0. The SMILES string of the molecule is O=C(OC1=CCCC1)C1C(=O)N(Cc2ccc(C(F)(F)F)c(F)c2)C(=O)c2ccccc21. The average Bonchev–Trinajstić information content (AvgIpc) is 3.23. The molecular weight excluding hydrogens is 430 g/mol. The molecule has 0 bridgehead atoms. The number of amides is 2. The Morgan fingerprint density at radius 3 is 2.53 bits per heavy atom. The average molecular weight is 447 g/mol. The summed E-state index contributed by atoms with van der Waals surface area (Å²) >= 11 is 0. The molecule has 166 valence electrons. The summed E-state index contributed by atoms with van der Waals surface area (Å²) < 4.78 is 57.8. The van der Waals surface area contributed by atoms with Crippen molar-refractivity contribution in [2.45, 2.75) is 37.9 Å². The van der Waals surface area contributed by atoms with Crippen molar-refractivity contribution < 1.29 is 36.7 Å². The summed E-state index contributed by atoms with van der Waals surface area (Å²) in [5.74, 6) is -4.92. The van der Waals surface area contributed by atoms with E-state index in [-0.39, 0.29) is 16.7 Å². The number of fused-ring (bicyclic) bond motifs is 1. The molecule has 0 spiro atoms. The van der Waals surface area contributed by atoms with Crippen molar-refractivity contribution in [2.24, 2.45) is 0 Å². The van der Waals surface area contributed by atoms with Gasteiger partial charge in [0.05, 0.1) is 12.1 Å². The van der Waals surface area contributed by atoms with Gasteiger partial charge < -0.3 is 4.74 Å². The molecule has 4 rings (SSSR count). The van der Waals surface area contributed by atoms with Gasteiger partial charge in [0.2, 0.25) is 5.91 Å². The first-order valence-corrected chi connectivity index (χ1v) is 9.88. The normalized spacial score (nSPS) is 18.4. The molecule has 2 aromatic rings. The van der Waals surface area contributed by atoms with Crippen LogP contribution in [0, 0.1) is 5.82 Å². The number of carbonyl (C=O) groups excluding carboxylic acids is 3. The van der Waals surface area contributed by atoms with Crippen LogP contribution in [0.1, 0.15) is 52.2 Å². The maximum Gasteiger partial charge on any atom is 0.419 e. The molecule has 9 heteroatoms. The van der Waals surface area contributed by atoms with E-state index >= 15 is 0 Å². The van der Waals surface area contributed by atoms with Gasteiger partial charge >= 0.3 is 12.1 Å². The second-order valence-electron chi connectivity index (χ2n) is 7.55. The minimum Gasteiger partial charge on any atom is -0.431 e. The maximum absolute atomic E-state index is 14.0. The van der Waals surface area contributed by atoms with Gasteiger partial charge in [0.1, 0.15) is 11.6 Å². The first kappa shape index (κ1) is 21.7. The van der Waals surface area contributed by atoms with Crippen molar-refractivity contribution >= 4 is 17.8 Å². The van der Waals surface area contributed by atoms with Gasteiger partial charge in [-0.3, -0.25) is 19.3 Å². The highest BCUT2D eigenvalue weighted by Crippen LogP contribution is 2.34. The Kier molecular flexibility index (Phi) is 5.58. The van der Waals surface area contributed by atoms with E-state index in [0.29, 0.717) is 24.3 Å². The predicted octanol–water partition coefficient (Wildman–Crippen LogP) is 4.72. The molecule has 2 aliphatic rings. The van der Waals surface area contributed by atoms with Crippen molar-refractivity contribution in [3.8, 4) is 0 Å². The molecule has 1 heterocycles. The van der Waals surface area contributed by atoms with E-state index in [0.717, 1.165) is 23.8 Å². The first-order chi connectivity index (χ1) is 15.2. The van der Waals surface area contributed by atoms with Crippen LogP contribution in [0.5, 0.6) is 0 Å². The number of ether oxygens (including phenoxy) is 1. The molecule has 2 aromatic carbocycles. The molecule has 0 radical (unpaired) electrons. The fourth-order valence-electron chi connectivity index (χ4n) is 3.85. The van der Waals surface area contributed by atoms with Crippen LogP contribution in [0.4, 0.5) is 17.6 Å². The standard InChI is InChI=1S/C23H17F4NO4/c24-18-11-13(9-10-17(18)23(25,26)27)12-28-20(29)16-8-4-3-7-15(16)19(21(28)30)22(31)32-14-5-1-2-6-14/h3-5,7-11,19H,1-2,6,12H2. The monoisotopic (exact) mass is 447 g/mol. The molecule has 0 N–H and O–H groups in total. The fourth-order valence-corrected chi connectivity index (χ4v) is 3.85. The summed E-state index contributed by atoms with van der Waals surface area (Å²) in [4.78, 5) is 39.6. The molecule has 1 atom stereocenters. The lowest BCUT2D eigenvalue weighted by molar-refractivity contribution is -0.148. The molecule has 5 nitrogen and oxygen atoms in total. The number of allylic oxidation sites excluding steroid dienone is 2. The van der Waals surface area contributed by atoms with Gasteiger partial charge in [0.25, 0.3) is 5.91 Å². The highest BCUT2D eigenvalue weighted by molar-refractivity contribution is 6.18. The van der Waals surface area contributed by atoms with Crippen LogP contribution < -0.4 is 0 Å². The van der Waals surface area contributed by atoms with Crippen molar-refractivity contribution in [1.82, 2.24) is 4.90 Å². The molecule has 1 aliphatic carbocycles. The molecule has 0 aromatic heterocycles. The highest BCUT2D eigenvalue weighted by atomic mass is 19.4. The largest absolute Gasteiger partial charge is 0.431 e. The van der Waals surface area contributed by atoms with Crippen molar-refractivity contribution in [3.63, 3.8) is 0 Å². The molecule has 0 saturated heterocycles. The smallest absolute Gasteiger partial charge is 0.419 e. The van der Waals surface area contributed by atoms with Crippen LogP contribution in [-0.2, 0) is 27.0 Å². The van der Waals surface area contributed by atoms with Crippen LogP contribution in [0.2, 0.25) is 0 Å². The van der Waals surface area contributed by atoms with E-state index in [4.69, 9.17) is 4.74 Å². The van der Waals surface area contributed by atoms with Crippen LogP contribution in [0.25, 0.3) is 0 Å². The Balaban J connectivity index is 1.66. The van der Waals surface area contributed by atoms with E-state index < -0.39 is 47.8 Å². The zero-order valence-corrected chi connectivity index (χ0v) is 16.6.